The molecule has 3 heterocycles. The summed E-state index contributed by atoms with van der Waals surface area (Å²) in [5.74, 6) is 0.980. The Morgan fingerprint density at radius 3 is 2.69 bits per heavy atom. The molecule has 3 aromatic heterocycles. The predicted molar refractivity (Wildman–Crippen MR) is 131 cm³/mol. The fraction of sp³-hybridized carbons (Fsp3) is 0.261. The van der Waals surface area contributed by atoms with Crippen LogP contribution < -0.4 is 20.5 Å². The van der Waals surface area contributed by atoms with E-state index in [1.807, 2.05) is 35.7 Å². The van der Waals surface area contributed by atoms with Gasteiger partial charge in [0.25, 0.3) is 5.91 Å². The van der Waals surface area contributed by atoms with Gasteiger partial charge in [0.05, 0.1) is 25.6 Å². The van der Waals surface area contributed by atoms with Gasteiger partial charge in [-0.05, 0) is 43.2 Å². The number of hydrogen-bond acceptors (Lipinski definition) is 8. The van der Waals surface area contributed by atoms with Crippen LogP contribution in [0.2, 0.25) is 0 Å². The molecule has 0 spiro atoms. The SMILES string of the molecule is CCCCc1ccc2c(N)c(C(=O)Nc3nc(-c4ccc(OC)c(OC)c4)cs3)sc2n1. The first-order valence-corrected chi connectivity index (χ1v) is 11.9. The monoisotopic (exact) mass is 468 g/mol. The number of methoxy groups -OCH3 is 2. The number of rotatable bonds is 8. The number of nitrogens with zero attached hydrogens (tertiary/aromatic N) is 2. The van der Waals surface area contributed by atoms with Crippen LogP contribution in [0, 0.1) is 0 Å². The van der Waals surface area contributed by atoms with Crippen molar-refractivity contribution in [3.05, 3.63) is 46.3 Å². The highest BCUT2D eigenvalue weighted by molar-refractivity contribution is 7.21. The molecular weight excluding hydrogens is 444 g/mol. The number of hydrogen-bond donors (Lipinski definition) is 2. The summed E-state index contributed by atoms with van der Waals surface area (Å²) in [5, 5.41) is 6.05. The quantitative estimate of drug-likeness (QED) is 0.348. The van der Waals surface area contributed by atoms with Crippen LogP contribution in [-0.4, -0.2) is 30.1 Å². The first kappa shape index (κ1) is 22.0. The molecule has 0 aliphatic carbocycles. The number of nitrogens with two attached hydrogens (primary N) is 1. The van der Waals surface area contributed by atoms with Crippen LogP contribution >= 0.6 is 22.7 Å². The zero-order chi connectivity index (χ0) is 22.7. The van der Waals surface area contributed by atoms with Gasteiger partial charge in [0.15, 0.2) is 16.6 Å². The van der Waals surface area contributed by atoms with Gasteiger partial charge < -0.3 is 15.2 Å². The van der Waals surface area contributed by atoms with E-state index in [1.54, 1.807) is 14.2 Å². The van der Waals surface area contributed by atoms with Gasteiger partial charge in [-0.25, -0.2) is 9.97 Å². The molecule has 1 aromatic carbocycles. The lowest BCUT2D eigenvalue weighted by atomic mass is 10.1. The molecule has 0 saturated carbocycles. The molecular formula is C23H24N4O3S2. The van der Waals surface area contributed by atoms with Crippen molar-refractivity contribution in [1.29, 1.82) is 0 Å². The zero-order valence-corrected chi connectivity index (χ0v) is 19.7. The second-order valence-corrected chi connectivity index (χ2v) is 9.02. The third-order valence-electron chi connectivity index (χ3n) is 5.05. The minimum Gasteiger partial charge on any atom is -0.493 e. The standard InChI is InChI=1S/C23H24N4O3S2/c1-4-5-6-14-8-9-15-19(24)20(32-22(15)25-14)21(28)27-23-26-16(12-31-23)13-7-10-17(29-2)18(11-13)30-3/h7-12H,4-6,24H2,1-3H3,(H,26,27,28). The van der Waals surface area contributed by atoms with E-state index in [-0.39, 0.29) is 5.91 Å². The fourth-order valence-corrected chi connectivity index (χ4v) is 5.04. The summed E-state index contributed by atoms with van der Waals surface area (Å²) >= 11 is 2.66. The molecule has 0 fully saturated rings. The smallest absolute Gasteiger partial charge is 0.269 e. The van der Waals surface area contributed by atoms with Crippen molar-refractivity contribution in [3.8, 4) is 22.8 Å². The Morgan fingerprint density at radius 1 is 1.12 bits per heavy atom. The second-order valence-electron chi connectivity index (χ2n) is 7.17. The van der Waals surface area contributed by atoms with Crippen molar-refractivity contribution in [3.63, 3.8) is 0 Å². The summed E-state index contributed by atoms with van der Waals surface area (Å²) in [6.45, 7) is 2.15. The maximum absolute atomic E-state index is 12.9. The van der Waals surface area contributed by atoms with Crippen molar-refractivity contribution < 1.29 is 14.3 Å². The minimum atomic E-state index is -0.284. The van der Waals surface area contributed by atoms with E-state index in [2.05, 4.69) is 22.2 Å². The third-order valence-corrected chi connectivity index (χ3v) is 6.92. The number of ether oxygens (including phenoxy) is 2. The van der Waals surface area contributed by atoms with Gasteiger partial charge in [0.1, 0.15) is 9.71 Å². The molecule has 0 aliphatic heterocycles. The van der Waals surface area contributed by atoms with E-state index in [4.69, 9.17) is 15.2 Å². The number of thiazole rings is 1. The normalized spacial score (nSPS) is 11.0. The van der Waals surface area contributed by atoms with Crippen molar-refractivity contribution in [2.75, 3.05) is 25.3 Å². The number of carbonyl (C=O) groups is 1. The molecule has 4 aromatic rings. The zero-order valence-electron chi connectivity index (χ0n) is 18.1. The average molecular weight is 469 g/mol. The Balaban J connectivity index is 1.54. The van der Waals surface area contributed by atoms with Gasteiger partial charge in [0, 0.05) is 22.0 Å². The number of nitrogens with one attached hydrogen (secondary N) is 1. The largest absolute Gasteiger partial charge is 0.493 e. The predicted octanol–water partition coefficient (Wildman–Crippen LogP) is 5.61. The molecule has 4 rings (SSSR count). The Bertz CT molecular complexity index is 1270. The first-order valence-electron chi connectivity index (χ1n) is 10.2. The van der Waals surface area contributed by atoms with Crippen LogP contribution in [0.1, 0.15) is 35.1 Å². The van der Waals surface area contributed by atoms with Crippen LogP contribution in [0.5, 0.6) is 11.5 Å². The van der Waals surface area contributed by atoms with Crippen molar-refractivity contribution in [2.24, 2.45) is 0 Å². The van der Waals surface area contributed by atoms with Crippen molar-refractivity contribution in [2.45, 2.75) is 26.2 Å². The lowest BCUT2D eigenvalue weighted by Crippen LogP contribution is -2.11. The lowest BCUT2D eigenvalue weighted by molar-refractivity contribution is 0.103. The number of amides is 1. The molecule has 32 heavy (non-hydrogen) atoms. The molecule has 3 N–H and O–H groups in total. The number of aryl methyl sites for hydroxylation is 1. The van der Waals surface area contributed by atoms with Gasteiger partial charge in [-0.15, -0.1) is 22.7 Å². The Labute approximate surface area is 194 Å². The molecule has 0 unspecified atom stereocenters. The number of thiophene rings is 1. The molecule has 0 bridgehead atoms. The fourth-order valence-electron chi connectivity index (χ4n) is 3.31. The number of benzene rings is 1. The maximum atomic E-state index is 12.9. The highest BCUT2D eigenvalue weighted by Gasteiger charge is 2.19. The summed E-state index contributed by atoms with van der Waals surface area (Å²) in [6, 6.07) is 9.51. The van der Waals surface area contributed by atoms with Gasteiger partial charge >= 0.3 is 0 Å². The van der Waals surface area contributed by atoms with E-state index in [9.17, 15) is 4.79 Å². The van der Waals surface area contributed by atoms with Gasteiger partial charge in [-0.1, -0.05) is 13.3 Å². The van der Waals surface area contributed by atoms with E-state index in [0.717, 1.165) is 46.4 Å². The van der Waals surface area contributed by atoms with Gasteiger partial charge in [0.2, 0.25) is 0 Å². The molecule has 9 heteroatoms. The molecule has 0 saturated heterocycles. The summed E-state index contributed by atoms with van der Waals surface area (Å²) in [6.07, 6.45) is 3.11. The highest BCUT2D eigenvalue weighted by atomic mass is 32.1. The molecule has 0 radical (unpaired) electrons. The minimum absolute atomic E-state index is 0.284. The van der Waals surface area contributed by atoms with E-state index >= 15 is 0 Å². The average Bonchev–Trinajstić information content (AvgIpc) is 3.41. The molecule has 0 atom stereocenters. The number of unbranched alkanes of at least 4 members (excludes halogenated alkanes) is 1. The summed E-state index contributed by atoms with van der Waals surface area (Å²) in [4.78, 5) is 23.4. The summed E-state index contributed by atoms with van der Waals surface area (Å²) < 4.78 is 10.6. The molecule has 166 valence electrons. The number of nitrogen functional groups attached to an aromatic ring is 1. The number of pyridine rings is 1. The first-order chi connectivity index (χ1) is 15.5. The Kier molecular flexibility index (Phi) is 6.57. The molecule has 7 nitrogen and oxygen atoms in total. The van der Waals surface area contributed by atoms with Gasteiger partial charge in [-0.3, -0.25) is 10.1 Å². The van der Waals surface area contributed by atoms with E-state index in [0.29, 0.717) is 27.2 Å². The van der Waals surface area contributed by atoms with E-state index in [1.165, 1.54) is 22.7 Å². The van der Waals surface area contributed by atoms with Crippen molar-refractivity contribution >= 4 is 49.6 Å². The summed E-state index contributed by atoms with van der Waals surface area (Å²) in [7, 11) is 3.18. The Hall–Kier alpha value is -3.17. The van der Waals surface area contributed by atoms with E-state index < -0.39 is 0 Å². The van der Waals surface area contributed by atoms with Crippen LogP contribution in [0.15, 0.2) is 35.7 Å². The second kappa shape index (κ2) is 9.54. The van der Waals surface area contributed by atoms with Crippen LogP contribution in [0.4, 0.5) is 10.8 Å². The lowest BCUT2D eigenvalue weighted by Gasteiger charge is -2.08. The summed E-state index contributed by atoms with van der Waals surface area (Å²) in [5.41, 5.74) is 9.34. The number of fused-ring (bicyclic) bond motifs is 1. The topological polar surface area (TPSA) is 99.4 Å². The number of anilines is 2. The highest BCUT2D eigenvalue weighted by Crippen LogP contribution is 2.35. The maximum Gasteiger partial charge on any atom is 0.269 e. The Morgan fingerprint density at radius 2 is 1.94 bits per heavy atom. The third kappa shape index (κ3) is 4.39. The van der Waals surface area contributed by atoms with Crippen LogP contribution in [-0.2, 0) is 6.42 Å². The molecule has 1 amide bonds. The van der Waals surface area contributed by atoms with Gasteiger partial charge in [-0.2, -0.15) is 0 Å². The number of carbonyl (C=O) groups excluding carboxylic acids is 1. The van der Waals surface area contributed by atoms with Crippen LogP contribution in [0.25, 0.3) is 21.5 Å². The van der Waals surface area contributed by atoms with Crippen LogP contribution in [0.3, 0.4) is 0 Å². The number of aromatic nitrogens is 2. The van der Waals surface area contributed by atoms with Crippen molar-refractivity contribution in [1.82, 2.24) is 9.97 Å². The molecule has 0 aliphatic rings.